The van der Waals surface area contributed by atoms with Gasteiger partial charge in [0.25, 0.3) is 4.93 Å². The summed E-state index contributed by atoms with van der Waals surface area (Å²) in [6.07, 6.45) is 0.210. The summed E-state index contributed by atoms with van der Waals surface area (Å²) in [6.45, 7) is -0.629. The Bertz CT molecular complexity index is 522. The molecular formula is C12H17NO5S. The van der Waals surface area contributed by atoms with Crippen molar-refractivity contribution in [3.8, 4) is 0 Å². The molecule has 19 heavy (non-hydrogen) atoms. The van der Waals surface area contributed by atoms with E-state index < -0.39 is 27.3 Å². The molecule has 0 aliphatic rings. The van der Waals surface area contributed by atoms with Gasteiger partial charge in [0.2, 0.25) is 0 Å². The summed E-state index contributed by atoms with van der Waals surface area (Å²) >= 11 is 0. The number of nitrogens with two attached hydrogens (primary N) is 1. The highest BCUT2D eigenvalue weighted by Crippen LogP contribution is 2.20. The van der Waals surface area contributed by atoms with Gasteiger partial charge in [-0.15, -0.1) is 0 Å². The molecule has 3 N–H and O–H groups in total. The fraction of sp³-hybridized carbons (Fsp3) is 0.417. The molecule has 7 heteroatoms. The number of benzene rings is 1. The highest BCUT2D eigenvalue weighted by Gasteiger charge is 2.50. The van der Waals surface area contributed by atoms with Gasteiger partial charge in [-0.05, 0) is 12.0 Å². The SMILES string of the molecule is COC(CN)(C(=O)O)S(=O)(=O)CCc1ccccc1. The molecule has 0 aliphatic carbocycles. The molecule has 1 atom stereocenters. The van der Waals surface area contributed by atoms with E-state index in [0.29, 0.717) is 0 Å². The second kappa shape index (κ2) is 6.14. The molecule has 0 radical (unpaired) electrons. The molecule has 1 unspecified atom stereocenters. The zero-order valence-corrected chi connectivity index (χ0v) is 11.4. The summed E-state index contributed by atoms with van der Waals surface area (Å²) in [5, 5.41) is 9.07. The van der Waals surface area contributed by atoms with Crippen LogP contribution in [0.5, 0.6) is 0 Å². The summed E-state index contributed by atoms with van der Waals surface area (Å²) in [5.74, 6) is -1.93. The molecule has 0 heterocycles. The minimum atomic E-state index is -4.03. The number of hydrogen-bond donors (Lipinski definition) is 2. The molecule has 0 aliphatic heterocycles. The number of ether oxygens (including phenoxy) is 1. The van der Waals surface area contributed by atoms with Crippen LogP contribution in [0.1, 0.15) is 5.56 Å². The van der Waals surface area contributed by atoms with E-state index in [1.54, 1.807) is 24.3 Å². The molecule has 6 nitrogen and oxygen atoms in total. The Morgan fingerprint density at radius 3 is 2.37 bits per heavy atom. The van der Waals surface area contributed by atoms with Crippen molar-refractivity contribution in [3.05, 3.63) is 35.9 Å². The lowest BCUT2D eigenvalue weighted by Gasteiger charge is -2.25. The van der Waals surface area contributed by atoms with Crippen LogP contribution in [0.25, 0.3) is 0 Å². The lowest BCUT2D eigenvalue weighted by Crippen LogP contribution is -2.55. The molecule has 0 bridgehead atoms. The molecule has 0 fully saturated rings. The third kappa shape index (κ3) is 3.12. The van der Waals surface area contributed by atoms with Crippen molar-refractivity contribution in [3.63, 3.8) is 0 Å². The van der Waals surface area contributed by atoms with E-state index in [-0.39, 0.29) is 12.2 Å². The maximum Gasteiger partial charge on any atom is 0.353 e. The average molecular weight is 287 g/mol. The van der Waals surface area contributed by atoms with Crippen LogP contribution < -0.4 is 5.73 Å². The number of hydrogen-bond acceptors (Lipinski definition) is 5. The van der Waals surface area contributed by atoms with Gasteiger partial charge >= 0.3 is 5.97 Å². The van der Waals surface area contributed by atoms with Crippen molar-refractivity contribution in [2.24, 2.45) is 5.73 Å². The van der Waals surface area contributed by atoms with Gasteiger partial charge in [0.05, 0.1) is 5.75 Å². The van der Waals surface area contributed by atoms with Crippen molar-refractivity contribution in [2.45, 2.75) is 11.4 Å². The maximum atomic E-state index is 12.1. The van der Waals surface area contributed by atoms with Crippen molar-refractivity contribution in [1.82, 2.24) is 0 Å². The van der Waals surface area contributed by atoms with Crippen molar-refractivity contribution in [1.29, 1.82) is 0 Å². The number of carbonyl (C=O) groups is 1. The standard InChI is InChI=1S/C12H17NO5S/c1-18-12(9-13,11(14)15)19(16,17)8-7-10-5-3-2-4-6-10/h2-6H,7-9,13H2,1H3,(H,14,15). The van der Waals surface area contributed by atoms with Crippen LogP contribution in [0.2, 0.25) is 0 Å². The van der Waals surface area contributed by atoms with Crippen molar-refractivity contribution in [2.75, 3.05) is 19.4 Å². The van der Waals surface area contributed by atoms with Gasteiger partial charge in [0, 0.05) is 13.7 Å². The third-order valence-corrected chi connectivity index (χ3v) is 5.18. The number of rotatable bonds is 7. The minimum Gasteiger partial charge on any atom is -0.478 e. The Hall–Kier alpha value is -1.44. The molecule has 0 aromatic heterocycles. The van der Waals surface area contributed by atoms with Crippen molar-refractivity contribution >= 4 is 15.8 Å². The number of aryl methyl sites for hydroxylation is 1. The smallest absolute Gasteiger partial charge is 0.353 e. The van der Waals surface area contributed by atoms with Crippen LogP contribution >= 0.6 is 0 Å². The minimum absolute atomic E-state index is 0.210. The van der Waals surface area contributed by atoms with Gasteiger partial charge in [0.15, 0.2) is 9.84 Å². The largest absolute Gasteiger partial charge is 0.478 e. The first kappa shape index (κ1) is 15.6. The molecule has 1 aromatic carbocycles. The van der Waals surface area contributed by atoms with E-state index in [9.17, 15) is 13.2 Å². The number of aliphatic carboxylic acids is 1. The summed E-state index contributed by atoms with van der Waals surface area (Å²) in [7, 11) is -3.00. The second-order valence-corrected chi connectivity index (χ2v) is 6.32. The number of sulfone groups is 1. The second-order valence-electron chi connectivity index (χ2n) is 4.02. The molecule has 0 amide bonds. The normalized spacial score (nSPS) is 14.8. The molecular weight excluding hydrogens is 270 g/mol. The van der Waals surface area contributed by atoms with Crippen molar-refractivity contribution < 1.29 is 23.1 Å². The molecule has 1 rings (SSSR count). The van der Waals surface area contributed by atoms with E-state index in [0.717, 1.165) is 12.7 Å². The monoisotopic (exact) mass is 287 g/mol. The van der Waals surface area contributed by atoms with Gasteiger partial charge in [-0.25, -0.2) is 13.2 Å². The first-order chi connectivity index (χ1) is 8.89. The number of carboxylic acid groups (broad SMARTS) is 1. The van der Waals surface area contributed by atoms with Gasteiger partial charge in [0.1, 0.15) is 0 Å². The highest BCUT2D eigenvalue weighted by molar-refractivity contribution is 7.93. The Kier molecular flexibility index (Phi) is 5.04. The highest BCUT2D eigenvalue weighted by atomic mass is 32.2. The Labute approximate surface area is 112 Å². The molecule has 0 saturated carbocycles. The van der Waals surface area contributed by atoms with E-state index in [2.05, 4.69) is 4.74 Å². The summed E-state index contributed by atoms with van der Waals surface area (Å²) < 4.78 is 29.0. The summed E-state index contributed by atoms with van der Waals surface area (Å²) in [5.41, 5.74) is 6.09. The van der Waals surface area contributed by atoms with Gasteiger partial charge < -0.3 is 15.6 Å². The van der Waals surface area contributed by atoms with Gasteiger partial charge in [-0.2, -0.15) is 0 Å². The van der Waals surface area contributed by atoms with Crippen LogP contribution in [-0.4, -0.2) is 43.8 Å². The van der Waals surface area contributed by atoms with Crippen LogP contribution in [0.15, 0.2) is 30.3 Å². The van der Waals surface area contributed by atoms with Gasteiger partial charge in [-0.1, -0.05) is 30.3 Å². The summed E-state index contributed by atoms with van der Waals surface area (Å²) in [6, 6.07) is 8.92. The Morgan fingerprint density at radius 1 is 1.37 bits per heavy atom. The lowest BCUT2D eigenvalue weighted by molar-refractivity contribution is -0.151. The fourth-order valence-electron chi connectivity index (χ4n) is 1.71. The maximum absolute atomic E-state index is 12.1. The molecule has 0 spiro atoms. The third-order valence-electron chi connectivity index (χ3n) is 2.93. The number of carboxylic acids is 1. The quantitative estimate of drug-likeness (QED) is 0.732. The van der Waals surface area contributed by atoms with Crippen LogP contribution in [0.3, 0.4) is 0 Å². The van der Waals surface area contributed by atoms with Gasteiger partial charge in [-0.3, -0.25) is 0 Å². The predicted molar refractivity (Wildman–Crippen MR) is 70.4 cm³/mol. The first-order valence-electron chi connectivity index (χ1n) is 5.64. The van der Waals surface area contributed by atoms with E-state index in [1.807, 2.05) is 6.07 Å². The topological polar surface area (TPSA) is 107 Å². The number of methoxy groups -OCH3 is 1. The van der Waals surface area contributed by atoms with Crippen LogP contribution in [0.4, 0.5) is 0 Å². The lowest BCUT2D eigenvalue weighted by atomic mass is 10.2. The summed E-state index contributed by atoms with van der Waals surface area (Å²) in [4.78, 5) is 8.78. The zero-order valence-electron chi connectivity index (χ0n) is 10.6. The molecule has 0 saturated heterocycles. The van der Waals surface area contributed by atoms with Crippen LogP contribution in [0, 0.1) is 0 Å². The van der Waals surface area contributed by atoms with E-state index in [1.165, 1.54) is 0 Å². The van der Waals surface area contributed by atoms with E-state index >= 15 is 0 Å². The molecule has 106 valence electrons. The van der Waals surface area contributed by atoms with E-state index in [4.69, 9.17) is 10.8 Å². The first-order valence-corrected chi connectivity index (χ1v) is 7.29. The predicted octanol–water partition coefficient (Wildman–Crippen LogP) is 0.0299. The fourth-order valence-corrected chi connectivity index (χ4v) is 3.31. The Morgan fingerprint density at radius 2 is 1.95 bits per heavy atom. The average Bonchev–Trinajstić information content (AvgIpc) is 2.39. The zero-order chi connectivity index (χ0) is 14.5. The van der Waals surface area contributed by atoms with Crippen LogP contribution in [-0.2, 0) is 25.8 Å². The molecule has 1 aromatic rings. The Balaban J connectivity index is 2.94.